The molecule has 0 radical (unpaired) electrons. The van der Waals surface area contributed by atoms with Crippen LogP contribution in [0.1, 0.15) is 19.5 Å². The summed E-state index contributed by atoms with van der Waals surface area (Å²) >= 11 is 0. The summed E-state index contributed by atoms with van der Waals surface area (Å²) in [6, 6.07) is 5.89. The molecular weight excluding hydrogens is 222 g/mol. The summed E-state index contributed by atoms with van der Waals surface area (Å²) in [4.78, 5) is 8.46. The van der Waals surface area contributed by atoms with E-state index < -0.39 is 0 Å². The van der Waals surface area contributed by atoms with Crippen LogP contribution in [0, 0.1) is 0 Å². The van der Waals surface area contributed by atoms with E-state index in [-0.39, 0.29) is 0 Å². The molecule has 1 aliphatic rings. The second kappa shape index (κ2) is 9.11. The van der Waals surface area contributed by atoms with E-state index in [4.69, 9.17) is 0 Å². The smallest absolute Gasteiger partial charge is 0.0958 e. The Kier molecular flexibility index (Phi) is 7.14. The van der Waals surface area contributed by atoms with Crippen LogP contribution in [0.2, 0.25) is 0 Å². The van der Waals surface area contributed by atoms with Gasteiger partial charge in [0, 0.05) is 25.5 Å². The maximum atomic E-state index is 4.23. The lowest BCUT2D eigenvalue weighted by Gasteiger charge is -2.02. The molecule has 0 atom stereocenters. The topological polar surface area (TPSA) is 37.3 Å². The molecule has 0 amide bonds. The van der Waals surface area contributed by atoms with Crippen molar-refractivity contribution in [2.75, 3.05) is 6.54 Å². The average Bonchev–Trinajstić information content (AvgIpc) is 2.71. The molecule has 3 heteroatoms. The maximum absolute atomic E-state index is 4.23. The lowest BCUT2D eigenvalue weighted by Crippen LogP contribution is -2.16. The van der Waals surface area contributed by atoms with Crippen molar-refractivity contribution >= 4 is 6.21 Å². The highest BCUT2D eigenvalue weighted by Crippen LogP contribution is 1.97. The van der Waals surface area contributed by atoms with E-state index in [1.807, 2.05) is 50.3 Å². The van der Waals surface area contributed by atoms with E-state index in [2.05, 4.69) is 21.0 Å². The fourth-order valence-electron chi connectivity index (χ4n) is 1.33. The lowest BCUT2D eigenvalue weighted by molar-refractivity contribution is 0.720. The summed E-state index contributed by atoms with van der Waals surface area (Å²) in [7, 11) is 0. The molecule has 0 fully saturated rings. The summed E-state index contributed by atoms with van der Waals surface area (Å²) in [5, 5.41) is 3.28. The molecule has 2 heterocycles. The monoisotopic (exact) mass is 241 g/mol. The van der Waals surface area contributed by atoms with Crippen LogP contribution in [0.25, 0.3) is 0 Å². The second-order valence-corrected chi connectivity index (χ2v) is 3.35. The van der Waals surface area contributed by atoms with Crippen molar-refractivity contribution in [2.45, 2.75) is 20.4 Å². The van der Waals surface area contributed by atoms with Crippen LogP contribution in [0.15, 0.2) is 59.0 Å². The molecule has 1 aromatic heterocycles. The molecule has 0 saturated carbocycles. The summed E-state index contributed by atoms with van der Waals surface area (Å²) < 4.78 is 0. The van der Waals surface area contributed by atoms with Gasteiger partial charge >= 0.3 is 0 Å². The molecule has 1 aliphatic heterocycles. The zero-order chi connectivity index (χ0) is 13.1. The second-order valence-electron chi connectivity index (χ2n) is 3.35. The average molecular weight is 241 g/mol. The minimum absolute atomic E-state index is 0.700. The molecule has 0 aliphatic carbocycles. The number of nitrogens with zero attached hydrogens (tertiary/aromatic N) is 2. The molecule has 3 nitrogen and oxygen atoms in total. The van der Waals surface area contributed by atoms with Gasteiger partial charge in [-0.3, -0.25) is 9.98 Å². The summed E-state index contributed by atoms with van der Waals surface area (Å²) in [6.45, 7) is 5.44. The van der Waals surface area contributed by atoms with E-state index in [1.165, 1.54) is 0 Å². The van der Waals surface area contributed by atoms with E-state index in [1.54, 1.807) is 12.4 Å². The number of hydrogen-bond donors (Lipinski definition) is 1. The molecule has 0 saturated heterocycles. The van der Waals surface area contributed by atoms with E-state index in [9.17, 15) is 0 Å². The summed E-state index contributed by atoms with van der Waals surface area (Å²) in [5.74, 6) is 0. The van der Waals surface area contributed by atoms with Gasteiger partial charge in [-0.05, 0) is 24.3 Å². The maximum Gasteiger partial charge on any atom is 0.0958 e. The van der Waals surface area contributed by atoms with Gasteiger partial charge in [-0.15, -0.1) is 0 Å². The van der Waals surface area contributed by atoms with Gasteiger partial charge in [0.2, 0.25) is 0 Å². The zero-order valence-corrected chi connectivity index (χ0v) is 10.9. The van der Waals surface area contributed by atoms with Gasteiger partial charge < -0.3 is 5.32 Å². The van der Waals surface area contributed by atoms with Crippen molar-refractivity contribution < 1.29 is 0 Å². The highest BCUT2D eigenvalue weighted by molar-refractivity contribution is 5.73. The normalized spacial score (nSPS) is 12.4. The Hall–Kier alpha value is -1.96. The van der Waals surface area contributed by atoms with Crippen LogP contribution >= 0.6 is 0 Å². The largest absolute Gasteiger partial charge is 0.305 e. The van der Waals surface area contributed by atoms with Crippen molar-refractivity contribution in [1.82, 2.24) is 10.3 Å². The van der Waals surface area contributed by atoms with Gasteiger partial charge in [-0.1, -0.05) is 31.7 Å². The van der Waals surface area contributed by atoms with Gasteiger partial charge in [0.05, 0.1) is 11.4 Å². The van der Waals surface area contributed by atoms with Gasteiger partial charge in [-0.2, -0.15) is 0 Å². The first-order chi connectivity index (χ1) is 8.95. The SMILES string of the molecule is C1=CC=CC=NC=1CNCc1ccccn1.CC. The third kappa shape index (κ3) is 5.39. The molecule has 1 aromatic rings. The molecular formula is C15H19N3. The molecule has 0 bridgehead atoms. The molecule has 94 valence electrons. The Morgan fingerprint density at radius 2 is 2.06 bits per heavy atom. The molecule has 2 rings (SSSR count). The van der Waals surface area contributed by atoms with Crippen LogP contribution in [-0.2, 0) is 6.54 Å². The van der Waals surface area contributed by atoms with Crippen molar-refractivity contribution in [1.29, 1.82) is 0 Å². The quantitative estimate of drug-likeness (QED) is 0.823. The Labute approximate surface area is 109 Å². The summed E-state index contributed by atoms with van der Waals surface area (Å²) in [5.41, 5.74) is 5.03. The Bertz CT molecular complexity index is 452. The van der Waals surface area contributed by atoms with E-state index in [0.29, 0.717) is 6.54 Å². The van der Waals surface area contributed by atoms with Crippen molar-refractivity contribution in [2.24, 2.45) is 4.99 Å². The highest BCUT2D eigenvalue weighted by Gasteiger charge is 1.95. The van der Waals surface area contributed by atoms with Crippen LogP contribution in [-0.4, -0.2) is 17.7 Å². The van der Waals surface area contributed by atoms with Gasteiger partial charge in [0.15, 0.2) is 0 Å². The first kappa shape index (κ1) is 14.1. The van der Waals surface area contributed by atoms with Gasteiger partial charge in [0.1, 0.15) is 0 Å². The number of hydrogen-bond acceptors (Lipinski definition) is 3. The Morgan fingerprint density at radius 3 is 2.83 bits per heavy atom. The van der Waals surface area contributed by atoms with E-state index in [0.717, 1.165) is 17.9 Å². The number of allylic oxidation sites excluding steroid dienone is 2. The number of rotatable bonds is 4. The minimum Gasteiger partial charge on any atom is -0.305 e. The van der Waals surface area contributed by atoms with Crippen molar-refractivity contribution in [3.05, 3.63) is 59.7 Å². The number of nitrogens with one attached hydrogen (secondary N) is 1. The zero-order valence-electron chi connectivity index (χ0n) is 10.9. The molecule has 1 N–H and O–H groups in total. The first-order valence-corrected chi connectivity index (χ1v) is 6.21. The molecule has 0 aromatic carbocycles. The number of aliphatic imine (C=N–C) groups is 1. The molecule has 18 heavy (non-hydrogen) atoms. The van der Waals surface area contributed by atoms with Crippen LogP contribution in [0.5, 0.6) is 0 Å². The predicted octanol–water partition coefficient (Wildman–Crippen LogP) is 2.88. The number of pyridine rings is 1. The van der Waals surface area contributed by atoms with Gasteiger partial charge in [-0.25, -0.2) is 0 Å². The lowest BCUT2D eigenvalue weighted by atomic mass is 10.3. The number of aromatic nitrogens is 1. The van der Waals surface area contributed by atoms with Crippen molar-refractivity contribution in [3.63, 3.8) is 0 Å². The third-order valence-corrected chi connectivity index (χ3v) is 2.10. The highest BCUT2D eigenvalue weighted by atomic mass is 14.9. The fourth-order valence-corrected chi connectivity index (χ4v) is 1.33. The Balaban J connectivity index is 0.000000771. The van der Waals surface area contributed by atoms with Crippen LogP contribution in [0.4, 0.5) is 0 Å². The summed E-state index contributed by atoms with van der Waals surface area (Å²) in [6.07, 6.45) is 9.23. The van der Waals surface area contributed by atoms with Crippen LogP contribution in [0.3, 0.4) is 0 Å². The van der Waals surface area contributed by atoms with Crippen molar-refractivity contribution in [3.8, 4) is 0 Å². The molecule has 0 unspecified atom stereocenters. The van der Waals surface area contributed by atoms with Crippen LogP contribution < -0.4 is 5.32 Å². The predicted molar refractivity (Wildman–Crippen MR) is 76.5 cm³/mol. The first-order valence-electron chi connectivity index (χ1n) is 6.21. The Morgan fingerprint density at radius 1 is 1.17 bits per heavy atom. The third-order valence-electron chi connectivity index (χ3n) is 2.10. The molecule has 0 spiro atoms. The fraction of sp³-hybridized carbons (Fsp3) is 0.267. The standard InChI is InChI=1S/C13H13N3.C2H6/c1-2-6-12(15-8-4-1)10-14-11-13-7-3-5-9-16-13;1-2/h1-5,7-9,14H,10-11H2;1-2H3. The minimum atomic E-state index is 0.700. The van der Waals surface area contributed by atoms with E-state index >= 15 is 0 Å². The van der Waals surface area contributed by atoms with Gasteiger partial charge in [0.25, 0.3) is 0 Å².